The molecule has 1 fully saturated rings. The van der Waals surface area contributed by atoms with Gasteiger partial charge in [-0.1, -0.05) is 15.9 Å². The molecule has 1 heterocycles. The van der Waals surface area contributed by atoms with Crippen LogP contribution in [-0.2, 0) is 4.74 Å². The normalized spacial score (nSPS) is 23.4. The topological polar surface area (TPSA) is 62.3 Å². The lowest BCUT2D eigenvalue weighted by Crippen LogP contribution is -2.48. The van der Waals surface area contributed by atoms with Crippen LogP contribution in [0.25, 0.3) is 0 Å². The predicted molar refractivity (Wildman–Crippen MR) is 82.0 cm³/mol. The maximum atomic E-state index is 7.71. The molecule has 0 aromatic heterocycles. The van der Waals surface area contributed by atoms with E-state index in [0.717, 1.165) is 41.7 Å². The molecule has 1 aromatic rings. The van der Waals surface area contributed by atoms with Crippen LogP contribution in [0.4, 0.5) is 5.69 Å². The summed E-state index contributed by atoms with van der Waals surface area (Å²) in [5.41, 5.74) is 7.34. The molecule has 1 aliphatic rings. The van der Waals surface area contributed by atoms with Crippen LogP contribution in [0.15, 0.2) is 22.7 Å². The number of ether oxygens (including phenoxy) is 1. The third-order valence-corrected chi connectivity index (χ3v) is 4.24. The van der Waals surface area contributed by atoms with Crippen molar-refractivity contribution in [1.29, 1.82) is 5.41 Å². The van der Waals surface area contributed by atoms with Crippen molar-refractivity contribution in [1.82, 2.24) is 0 Å². The summed E-state index contributed by atoms with van der Waals surface area (Å²) in [4.78, 5) is 2.26. The standard InChI is InChI=1S/C14H20BrN3O/c1-14(19-2)6-3-7-18(9-14)12-8-10(15)4-5-11(12)13(16)17/h4-5,8H,3,6-7,9H2,1-2H3,(H3,16,17). The molecule has 0 spiro atoms. The number of hydrogen-bond acceptors (Lipinski definition) is 3. The molecular weight excluding hydrogens is 306 g/mol. The summed E-state index contributed by atoms with van der Waals surface area (Å²) in [6.07, 6.45) is 2.14. The Morgan fingerprint density at radius 3 is 2.89 bits per heavy atom. The average molecular weight is 326 g/mol. The highest BCUT2D eigenvalue weighted by Gasteiger charge is 2.31. The van der Waals surface area contributed by atoms with Crippen molar-refractivity contribution in [3.05, 3.63) is 28.2 Å². The lowest BCUT2D eigenvalue weighted by atomic mass is 9.93. The molecule has 4 nitrogen and oxygen atoms in total. The van der Waals surface area contributed by atoms with E-state index in [1.807, 2.05) is 18.2 Å². The molecule has 104 valence electrons. The van der Waals surface area contributed by atoms with E-state index < -0.39 is 0 Å². The molecule has 1 unspecified atom stereocenters. The summed E-state index contributed by atoms with van der Waals surface area (Å²) in [7, 11) is 1.76. The zero-order valence-corrected chi connectivity index (χ0v) is 13.0. The molecule has 2 rings (SSSR count). The van der Waals surface area contributed by atoms with E-state index in [1.165, 1.54) is 0 Å². The number of amidine groups is 1. The number of nitrogens with one attached hydrogen (secondary N) is 1. The molecule has 0 amide bonds. The van der Waals surface area contributed by atoms with Crippen LogP contribution >= 0.6 is 15.9 Å². The highest BCUT2D eigenvalue weighted by molar-refractivity contribution is 9.10. The van der Waals surface area contributed by atoms with E-state index in [-0.39, 0.29) is 11.4 Å². The van der Waals surface area contributed by atoms with Crippen LogP contribution in [0.5, 0.6) is 0 Å². The van der Waals surface area contributed by atoms with Gasteiger partial charge in [-0.15, -0.1) is 0 Å². The third kappa shape index (κ3) is 3.09. The molecular formula is C14H20BrN3O. The van der Waals surface area contributed by atoms with E-state index in [4.69, 9.17) is 15.9 Å². The lowest BCUT2D eigenvalue weighted by molar-refractivity contribution is -0.00466. The fourth-order valence-corrected chi connectivity index (χ4v) is 2.92. The van der Waals surface area contributed by atoms with Gasteiger partial charge in [-0.3, -0.25) is 5.41 Å². The minimum absolute atomic E-state index is 0.104. The molecule has 0 aliphatic carbocycles. The first-order valence-corrected chi connectivity index (χ1v) is 7.18. The quantitative estimate of drug-likeness (QED) is 0.663. The average Bonchev–Trinajstić information content (AvgIpc) is 2.38. The largest absolute Gasteiger partial charge is 0.384 e. The number of nitrogens with two attached hydrogens (primary N) is 1. The maximum absolute atomic E-state index is 7.71. The van der Waals surface area contributed by atoms with Crippen molar-refractivity contribution in [2.24, 2.45) is 5.73 Å². The monoisotopic (exact) mass is 325 g/mol. The minimum atomic E-state index is -0.130. The molecule has 0 bridgehead atoms. The lowest BCUT2D eigenvalue weighted by Gasteiger charge is -2.41. The Morgan fingerprint density at radius 1 is 1.53 bits per heavy atom. The second kappa shape index (κ2) is 5.51. The minimum Gasteiger partial charge on any atom is -0.384 e. The smallest absolute Gasteiger partial charge is 0.124 e. The van der Waals surface area contributed by atoms with Crippen molar-refractivity contribution < 1.29 is 4.74 Å². The summed E-state index contributed by atoms with van der Waals surface area (Å²) < 4.78 is 6.62. The van der Waals surface area contributed by atoms with Crippen LogP contribution in [0.2, 0.25) is 0 Å². The first-order valence-electron chi connectivity index (χ1n) is 6.39. The van der Waals surface area contributed by atoms with Crippen molar-refractivity contribution in [2.45, 2.75) is 25.4 Å². The summed E-state index contributed by atoms with van der Waals surface area (Å²) in [5, 5.41) is 7.71. The second-order valence-corrected chi connectivity index (χ2v) is 6.17. The second-order valence-electron chi connectivity index (χ2n) is 5.25. The summed E-state index contributed by atoms with van der Waals surface area (Å²) in [6, 6.07) is 5.83. The van der Waals surface area contributed by atoms with Gasteiger partial charge in [0.25, 0.3) is 0 Å². The molecule has 19 heavy (non-hydrogen) atoms. The van der Waals surface area contributed by atoms with Crippen molar-refractivity contribution in [3.63, 3.8) is 0 Å². The van der Waals surface area contributed by atoms with Gasteiger partial charge in [0.2, 0.25) is 0 Å². The zero-order valence-electron chi connectivity index (χ0n) is 11.4. The van der Waals surface area contributed by atoms with E-state index in [0.29, 0.717) is 0 Å². The van der Waals surface area contributed by atoms with Gasteiger partial charge in [-0.25, -0.2) is 0 Å². The van der Waals surface area contributed by atoms with Crippen molar-refractivity contribution in [2.75, 3.05) is 25.1 Å². The van der Waals surface area contributed by atoms with Gasteiger partial charge < -0.3 is 15.4 Å². The van der Waals surface area contributed by atoms with Gasteiger partial charge in [0.05, 0.1) is 5.60 Å². The Morgan fingerprint density at radius 2 is 2.26 bits per heavy atom. The SMILES string of the molecule is COC1(C)CCCN(c2cc(Br)ccc2C(=N)N)C1. The van der Waals surface area contributed by atoms with E-state index >= 15 is 0 Å². The van der Waals surface area contributed by atoms with Crippen LogP contribution in [0.1, 0.15) is 25.3 Å². The molecule has 0 saturated carbocycles. The van der Waals surface area contributed by atoms with Crippen LogP contribution in [0.3, 0.4) is 0 Å². The van der Waals surface area contributed by atoms with Crippen molar-refractivity contribution in [3.8, 4) is 0 Å². The van der Waals surface area contributed by atoms with E-state index in [1.54, 1.807) is 7.11 Å². The zero-order chi connectivity index (χ0) is 14.0. The third-order valence-electron chi connectivity index (χ3n) is 3.74. The fraction of sp³-hybridized carbons (Fsp3) is 0.500. The summed E-state index contributed by atoms with van der Waals surface area (Å²) in [5.74, 6) is 0.104. The highest BCUT2D eigenvalue weighted by Crippen LogP contribution is 2.31. The predicted octanol–water partition coefficient (Wildman–Crippen LogP) is 2.74. The number of methoxy groups -OCH3 is 1. The van der Waals surface area contributed by atoms with Gasteiger partial charge in [-0.05, 0) is 38.0 Å². The van der Waals surface area contributed by atoms with Crippen molar-refractivity contribution >= 4 is 27.5 Å². The van der Waals surface area contributed by atoms with Crippen LogP contribution in [-0.4, -0.2) is 31.6 Å². The number of piperidine rings is 1. The molecule has 1 saturated heterocycles. The number of hydrogen-bond donors (Lipinski definition) is 2. The molecule has 1 aliphatic heterocycles. The number of rotatable bonds is 3. The molecule has 5 heteroatoms. The van der Waals surface area contributed by atoms with Crippen LogP contribution in [0, 0.1) is 5.41 Å². The highest BCUT2D eigenvalue weighted by atomic mass is 79.9. The number of nitrogen functional groups attached to an aromatic ring is 1. The first kappa shape index (κ1) is 14.3. The van der Waals surface area contributed by atoms with Gasteiger partial charge in [0.15, 0.2) is 0 Å². The summed E-state index contributed by atoms with van der Waals surface area (Å²) >= 11 is 3.49. The van der Waals surface area contributed by atoms with Crippen LogP contribution < -0.4 is 10.6 Å². The number of nitrogens with zero attached hydrogens (tertiary/aromatic N) is 1. The van der Waals surface area contributed by atoms with Gasteiger partial charge in [-0.2, -0.15) is 0 Å². The number of benzene rings is 1. The Labute approximate surface area is 122 Å². The van der Waals surface area contributed by atoms with Gasteiger partial charge in [0.1, 0.15) is 5.84 Å². The Kier molecular flexibility index (Phi) is 4.16. The number of anilines is 1. The fourth-order valence-electron chi connectivity index (χ4n) is 2.57. The molecule has 0 radical (unpaired) electrons. The molecule has 1 atom stereocenters. The van der Waals surface area contributed by atoms with E-state index in [2.05, 4.69) is 27.8 Å². The van der Waals surface area contributed by atoms with E-state index in [9.17, 15) is 0 Å². The number of halogens is 1. The molecule has 3 N–H and O–H groups in total. The van der Waals surface area contributed by atoms with Gasteiger partial charge in [0, 0.05) is 35.9 Å². The Bertz CT molecular complexity index is 492. The van der Waals surface area contributed by atoms with Gasteiger partial charge >= 0.3 is 0 Å². The molecule has 1 aromatic carbocycles. The maximum Gasteiger partial charge on any atom is 0.124 e. The Balaban J connectivity index is 2.35. The summed E-state index contributed by atoms with van der Waals surface area (Å²) in [6.45, 7) is 3.92. The Hall–Kier alpha value is -1.07. The first-order chi connectivity index (χ1) is 8.95.